The number of nitrogens with one attached hydrogen (secondary N) is 12. The molecule has 8 heterocycles. The molecule has 18 atom stereocenters. The number of anilines is 1. The highest BCUT2D eigenvalue weighted by atomic mass is 35.5. The van der Waals surface area contributed by atoms with Gasteiger partial charge in [0, 0.05) is 74.1 Å². The average molecular weight is 1860 g/mol. The summed E-state index contributed by atoms with van der Waals surface area (Å²) in [5.41, 5.74) is 12.8. The zero-order valence-corrected chi connectivity index (χ0v) is 71.1. The van der Waals surface area contributed by atoms with E-state index in [0.717, 1.165) is 84.9 Å². The smallest absolute Gasteiger partial charge is 0.508 e. The van der Waals surface area contributed by atoms with Crippen LogP contribution in [0.15, 0.2) is 103 Å². The van der Waals surface area contributed by atoms with Gasteiger partial charge in [0.1, 0.15) is 101 Å². The largest absolute Gasteiger partial charge is 0.573 e. The molecule has 25 N–H and O–H groups in total. The number of rotatable bonds is 20. The van der Waals surface area contributed by atoms with Gasteiger partial charge in [0.05, 0.1) is 41.3 Å². The van der Waals surface area contributed by atoms with E-state index in [9.17, 15) is 87.9 Å². The van der Waals surface area contributed by atoms with Crippen LogP contribution in [0.2, 0.25) is 10.0 Å². The Bertz CT molecular complexity index is 5300. The van der Waals surface area contributed by atoms with Gasteiger partial charge < -0.3 is 138 Å². The number of hydrogen-bond acceptors (Lipinski definition) is 31. The maximum absolute atomic E-state index is 16.3. The molecule has 3 saturated heterocycles. The molecular weight excluding hydrogens is 1770 g/mol. The Kier molecular flexibility index (Phi) is 30.4. The number of carbonyl (C=O) groups is 11. The third-order valence-corrected chi connectivity index (χ3v) is 22.8. The minimum absolute atomic E-state index is 0.141. The molecule has 48 heteroatoms. The predicted molar refractivity (Wildman–Crippen MR) is 444 cm³/mol. The minimum Gasteiger partial charge on any atom is -0.508 e. The Morgan fingerprint density at radius 3 is 1.92 bits per heavy atom. The van der Waals surface area contributed by atoms with Crippen LogP contribution in [-0.4, -0.2) is 259 Å². The van der Waals surface area contributed by atoms with Crippen LogP contribution in [0.3, 0.4) is 0 Å². The van der Waals surface area contributed by atoms with E-state index in [4.69, 9.17) is 63.1 Å². The number of alkyl halides is 3. The van der Waals surface area contributed by atoms with Crippen molar-refractivity contribution in [2.75, 3.05) is 58.2 Å². The number of fused-ring (bicyclic) bond motifs is 15. The standard InChI is InChI=1S/C82H95Cl2F3N16O27/c1-33(2)22-46(90-5)71(115)97-61-63(109)36-7-14-50(44(83)24-36)125-52-26-38-27-53(67(52)129-79-68(66(112)65(111)54(32-104)127-79)128-56-31-81(4,69(113)34(3)124-56)91-16-17-102-18-20-103(21-19-102)101-80(123)92-39-9-11-41(12-10-39)130-82(85,86)87)126-51-15-8-37(25-45(51)84)64(110)62-76(120)96-60(77(121)99-100-78(122)70(89)114)43-28-40(105)29-49(107)57(43)42-23-35(6-13-48(42)106)58(73(117)98-62)95-74(118)59(38)94-72(116)47(30-55(88)108)93-75(61)119/h6-15,23-29,33-34,46-47,54,56,58-66,68-69,79,90-91,104-107,109-113H,16-22,30-32H2,1-5H3,(H2,88,108)(H2,89,114)(H,93,119)(H,94,116)(H,95,118)(H,96,120)(H,97,115)(H,98,117)(H,99,121)(H,100,122)(H2,92,101,123). The van der Waals surface area contributed by atoms with Crippen molar-refractivity contribution in [2.45, 2.75) is 163 Å². The van der Waals surface area contributed by atoms with E-state index in [2.05, 4.69) is 58.0 Å². The fourth-order valence-corrected chi connectivity index (χ4v) is 16.0. The number of ether oxygens (including phenoxy) is 7. The van der Waals surface area contributed by atoms with E-state index in [1.54, 1.807) is 31.2 Å². The molecule has 0 spiro atoms. The van der Waals surface area contributed by atoms with E-state index in [1.165, 1.54) is 32.2 Å². The van der Waals surface area contributed by atoms with Crippen LogP contribution in [-0.2, 0) is 62.2 Å². The summed E-state index contributed by atoms with van der Waals surface area (Å²) in [6.45, 7) is 7.78. The van der Waals surface area contributed by atoms with Crippen LogP contribution in [0.1, 0.15) is 105 Å². The number of benzene rings is 6. The van der Waals surface area contributed by atoms with Gasteiger partial charge in [-0.1, -0.05) is 55.2 Å². The molecule has 11 bridgehead atoms. The van der Waals surface area contributed by atoms with Gasteiger partial charge >= 0.3 is 24.2 Å². The van der Waals surface area contributed by atoms with Crippen LogP contribution in [0.4, 0.5) is 23.7 Å². The summed E-state index contributed by atoms with van der Waals surface area (Å²) in [7, 11) is 1.45. The molecule has 0 aliphatic carbocycles. The molecule has 18 unspecified atom stereocenters. The number of nitrogens with two attached hydrogens (primary N) is 2. The minimum atomic E-state index is -4.92. The average Bonchev–Trinajstić information content (AvgIpc) is 0.764. The summed E-state index contributed by atoms with van der Waals surface area (Å²) in [5, 5.41) is 131. The number of aliphatic hydroxyl groups excluding tert-OH is 6. The van der Waals surface area contributed by atoms with Gasteiger partial charge in [-0.2, -0.15) is 0 Å². The van der Waals surface area contributed by atoms with Gasteiger partial charge in [0.25, 0.3) is 5.91 Å². The van der Waals surface area contributed by atoms with Crippen LogP contribution in [0.5, 0.6) is 51.7 Å². The Balaban J connectivity index is 0.964. The number of primary amides is 2. The Morgan fingerprint density at radius 2 is 1.32 bits per heavy atom. The van der Waals surface area contributed by atoms with E-state index in [0.29, 0.717) is 32.7 Å². The number of phenolic OH excluding ortho intramolecular Hbond substituents is 3. The lowest BCUT2D eigenvalue weighted by Gasteiger charge is -2.48. The number of hydrogen-bond donors (Lipinski definition) is 23. The van der Waals surface area contributed by atoms with Crippen molar-refractivity contribution in [1.29, 1.82) is 0 Å². The van der Waals surface area contributed by atoms with Crippen LogP contribution in [0.25, 0.3) is 11.1 Å². The molecule has 8 aliphatic rings. The molecule has 6 aromatic carbocycles. The summed E-state index contributed by atoms with van der Waals surface area (Å²) in [6.07, 6.45) is -24.5. The molecule has 6 aromatic rings. The topological polar surface area (TPSA) is 637 Å². The summed E-state index contributed by atoms with van der Waals surface area (Å²) >= 11 is 14.3. The van der Waals surface area contributed by atoms with Gasteiger partial charge in [-0.25, -0.2) is 9.80 Å². The number of likely N-dealkylation sites (N-methyl/N-ethyl adjacent to an activating group) is 1. The van der Waals surface area contributed by atoms with Crippen molar-refractivity contribution >= 4 is 94.0 Å². The molecule has 3 fully saturated rings. The number of phenols is 3. The third-order valence-electron chi connectivity index (χ3n) is 22.2. The monoisotopic (exact) mass is 1860 g/mol. The second-order valence-corrected chi connectivity index (χ2v) is 32.8. The lowest BCUT2D eigenvalue weighted by atomic mass is 9.85. The molecule has 0 saturated carbocycles. The highest BCUT2D eigenvalue weighted by Crippen LogP contribution is 2.50. The van der Waals surface area contributed by atoms with Crippen molar-refractivity contribution in [3.8, 4) is 62.9 Å². The summed E-state index contributed by atoms with van der Waals surface area (Å²) in [4.78, 5) is 159. The number of carbonyl (C=O) groups excluding carboxylic acids is 11. The Hall–Kier alpha value is -12.3. The summed E-state index contributed by atoms with van der Waals surface area (Å²) in [5.74, 6) is -20.4. The SMILES string of the molecule is CNC(CC(C)C)C(=O)NC1C(=O)NC(CC(N)=O)C(=O)NC2C(=O)NC3C(=O)NC(C(=O)NC(C(=O)NNC(=O)C(N)=O)c4cc(O)cc(O)c4-c4cc3ccc4O)C(O)c3ccc(c(Cl)c3)Oc3cc2cc(c3OC2OC(CO)C(O)C(O)C2OC2CC(C)(NCCN3CCN(NC(=O)Nc4ccc(OC(F)(F)F)cc4)CC3)C(O)C(C)O2)Oc2ccc(cc2Cl)C1O. The van der Waals surface area contributed by atoms with Gasteiger partial charge in [0.2, 0.25) is 53.4 Å². The van der Waals surface area contributed by atoms with Crippen LogP contribution in [0, 0.1) is 5.92 Å². The number of urea groups is 1. The Labute approximate surface area is 746 Å². The third kappa shape index (κ3) is 22.8. The number of aliphatic hydroxyl groups is 6. The molecular formula is C82H95Cl2F3N16O27. The number of hydrazine groups is 2. The van der Waals surface area contributed by atoms with Crippen LogP contribution >= 0.6 is 23.2 Å². The van der Waals surface area contributed by atoms with Gasteiger partial charge in [-0.15, -0.1) is 13.2 Å². The number of aromatic hydroxyl groups is 3. The molecule has 8 aliphatic heterocycles. The Morgan fingerprint density at radius 1 is 0.692 bits per heavy atom. The number of halogens is 5. The molecule has 0 aromatic heterocycles. The fourth-order valence-electron chi connectivity index (χ4n) is 15.5. The normalized spacial score (nSPS) is 26.4. The zero-order valence-electron chi connectivity index (χ0n) is 69.6. The number of piperazine rings is 1. The molecule has 0 radical (unpaired) electrons. The first-order chi connectivity index (χ1) is 61.5. The van der Waals surface area contributed by atoms with Crippen molar-refractivity contribution in [2.24, 2.45) is 17.4 Å². The summed E-state index contributed by atoms with van der Waals surface area (Å²) < 4.78 is 81.5. The maximum Gasteiger partial charge on any atom is 0.573 e. The zero-order chi connectivity index (χ0) is 94.4. The molecule has 12 amide bonds. The van der Waals surface area contributed by atoms with Crippen molar-refractivity contribution in [1.82, 2.24) is 68.7 Å². The predicted octanol–water partition coefficient (Wildman–Crippen LogP) is -0.462. The van der Waals surface area contributed by atoms with Crippen molar-refractivity contribution in [3.63, 3.8) is 0 Å². The van der Waals surface area contributed by atoms with E-state index in [1.807, 2.05) is 10.3 Å². The first-order valence-corrected chi connectivity index (χ1v) is 41.2. The first-order valence-electron chi connectivity index (χ1n) is 40.5. The highest BCUT2D eigenvalue weighted by Gasteiger charge is 2.53. The maximum atomic E-state index is 16.3. The molecule has 130 heavy (non-hydrogen) atoms. The summed E-state index contributed by atoms with van der Waals surface area (Å²) in [6, 6.07) is 2.11. The van der Waals surface area contributed by atoms with Gasteiger partial charge in [-0.05, 0) is 140 Å². The number of nitrogens with zero attached hydrogens (tertiary/aromatic N) is 2. The second kappa shape index (κ2) is 40.8. The van der Waals surface area contributed by atoms with E-state index < -0.39 is 283 Å². The van der Waals surface area contributed by atoms with Crippen molar-refractivity contribution < 1.29 is 145 Å². The first kappa shape index (κ1) is 96.8. The van der Waals surface area contributed by atoms with Crippen LogP contribution < -0.4 is 94.5 Å². The number of amides is 12. The van der Waals surface area contributed by atoms with E-state index >= 15 is 24.0 Å². The second-order valence-electron chi connectivity index (χ2n) is 32.0. The van der Waals surface area contributed by atoms with Crippen molar-refractivity contribution in [3.05, 3.63) is 141 Å². The lowest BCUT2D eigenvalue weighted by molar-refractivity contribution is -0.334. The molecule has 14 rings (SSSR count). The fraction of sp³-hybridized carbons (Fsp3) is 0.427. The van der Waals surface area contributed by atoms with Gasteiger partial charge in [0.15, 0.2) is 23.9 Å². The van der Waals surface area contributed by atoms with Gasteiger partial charge in [-0.3, -0.25) is 69.1 Å². The quantitative estimate of drug-likeness (QED) is 0.0340. The molecule has 700 valence electrons. The molecule has 43 nitrogen and oxygen atoms in total. The van der Waals surface area contributed by atoms with E-state index in [-0.39, 0.29) is 42.1 Å². The highest BCUT2D eigenvalue weighted by molar-refractivity contribution is 6.34. The lowest BCUT2D eigenvalue weighted by Crippen LogP contribution is -2.66.